The fourth-order valence-electron chi connectivity index (χ4n) is 3.88. The first-order valence-corrected chi connectivity index (χ1v) is 9.38. The van der Waals surface area contributed by atoms with E-state index in [-0.39, 0.29) is 18.4 Å². The van der Waals surface area contributed by atoms with Gasteiger partial charge in [-0.25, -0.2) is 0 Å². The van der Waals surface area contributed by atoms with E-state index in [1.807, 2.05) is 19.1 Å². The predicted octanol–water partition coefficient (Wildman–Crippen LogP) is 3.97. The molecule has 1 heterocycles. The van der Waals surface area contributed by atoms with E-state index in [1.54, 1.807) is 12.4 Å². The quantitative estimate of drug-likeness (QED) is 0.595. The standard InChI is InChI=1S/C20H25ClN2O2/c1-12-5-14(7-15(12)9-21)20(25)18-10-22-4-3-19(18)23-17-6-13(2)16(8-17)11-24/h3-4,7,10,13,16-17,24H,5-6,8-9,11H2,1-2H3,(H,22,23)/t13-,16+,17-/m0/s1. The van der Waals surface area contributed by atoms with Crippen LogP contribution in [0.4, 0.5) is 5.69 Å². The predicted molar refractivity (Wildman–Crippen MR) is 101 cm³/mol. The molecule has 1 aromatic rings. The third-order valence-corrected chi connectivity index (χ3v) is 5.78. The van der Waals surface area contributed by atoms with Crippen molar-refractivity contribution >= 4 is 23.1 Å². The maximum Gasteiger partial charge on any atom is 0.192 e. The normalized spacial score (nSPS) is 26.1. The third kappa shape index (κ3) is 3.80. The van der Waals surface area contributed by atoms with Crippen LogP contribution < -0.4 is 5.32 Å². The molecule has 3 rings (SSSR count). The number of aliphatic hydroxyl groups excluding tert-OH is 1. The topological polar surface area (TPSA) is 62.2 Å². The molecule has 25 heavy (non-hydrogen) atoms. The number of nitrogens with zero attached hydrogens (tertiary/aromatic N) is 1. The number of hydrogen-bond donors (Lipinski definition) is 2. The molecule has 134 valence electrons. The van der Waals surface area contributed by atoms with Gasteiger partial charge in [-0.15, -0.1) is 11.6 Å². The van der Waals surface area contributed by atoms with Crippen molar-refractivity contribution in [1.29, 1.82) is 0 Å². The van der Waals surface area contributed by atoms with E-state index in [4.69, 9.17) is 11.6 Å². The molecule has 2 aliphatic carbocycles. The number of Topliss-reactive ketones (excluding diaryl/α,β-unsaturated/α-hetero) is 1. The van der Waals surface area contributed by atoms with Crippen molar-refractivity contribution in [2.45, 2.75) is 39.2 Å². The highest BCUT2D eigenvalue weighted by Crippen LogP contribution is 2.35. The first-order chi connectivity index (χ1) is 12.0. The molecule has 3 atom stereocenters. The summed E-state index contributed by atoms with van der Waals surface area (Å²) in [6.07, 6.45) is 7.84. The molecule has 4 nitrogen and oxygen atoms in total. The second-order valence-corrected chi connectivity index (χ2v) is 7.54. The van der Waals surface area contributed by atoms with E-state index < -0.39 is 0 Å². The zero-order valence-corrected chi connectivity index (χ0v) is 15.5. The number of carbonyl (C=O) groups excluding carboxylic acids is 1. The van der Waals surface area contributed by atoms with Gasteiger partial charge < -0.3 is 10.4 Å². The number of carbonyl (C=O) groups is 1. The van der Waals surface area contributed by atoms with Gasteiger partial charge in [-0.3, -0.25) is 9.78 Å². The Morgan fingerprint density at radius 3 is 2.88 bits per heavy atom. The molecule has 1 fully saturated rings. The molecule has 0 aliphatic heterocycles. The summed E-state index contributed by atoms with van der Waals surface area (Å²) in [7, 11) is 0. The lowest BCUT2D eigenvalue weighted by Gasteiger charge is -2.17. The number of halogens is 1. The summed E-state index contributed by atoms with van der Waals surface area (Å²) in [4.78, 5) is 17.1. The van der Waals surface area contributed by atoms with E-state index in [1.165, 1.54) is 0 Å². The SMILES string of the molecule is CC1=C(CCl)C=C(C(=O)c2cnccc2N[C@@H]2C[C@H](CO)[C@@H](C)C2)C1. The first kappa shape index (κ1) is 18.2. The van der Waals surface area contributed by atoms with Gasteiger partial charge in [0.05, 0.1) is 5.56 Å². The van der Waals surface area contributed by atoms with Gasteiger partial charge in [-0.05, 0) is 49.7 Å². The van der Waals surface area contributed by atoms with Crippen molar-refractivity contribution in [2.24, 2.45) is 11.8 Å². The van der Waals surface area contributed by atoms with E-state index in [9.17, 15) is 9.90 Å². The fraction of sp³-hybridized carbons (Fsp3) is 0.500. The van der Waals surface area contributed by atoms with Crippen LogP contribution in [-0.2, 0) is 0 Å². The Hall–Kier alpha value is -1.65. The van der Waals surface area contributed by atoms with Gasteiger partial charge in [0, 0.05) is 42.2 Å². The molecule has 0 amide bonds. The minimum atomic E-state index is 0.0137. The fourth-order valence-corrected chi connectivity index (χ4v) is 4.19. The summed E-state index contributed by atoms with van der Waals surface area (Å²) in [6, 6.07) is 2.14. The van der Waals surface area contributed by atoms with Gasteiger partial charge in [0.2, 0.25) is 0 Å². The Labute approximate surface area is 154 Å². The van der Waals surface area contributed by atoms with Crippen LogP contribution in [0.25, 0.3) is 0 Å². The van der Waals surface area contributed by atoms with Gasteiger partial charge in [-0.2, -0.15) is 0 Å². The van der Waals surface area contributed by atoms with Gasteiger partial charge in [0.1, 0.15) is 0 Å². The van der Waals surface area contributed by atoms with Crippen molar-refractivity contribution in [3.05, 3.63) is 46.8 Å². The van der Waals surface area contributed by atoms with Crippen LogP contribution in [0.15, 0.2) is 41.3 Å². The van der Waals surface area contributed by atoms with Gasteiger partial charge in [-0.1, -0.05) is 18.6 Å². The molecule has 0 radical (unpaired) electrons. The van der Waals surface area contributed by atoms with E-state index in [0.717, 1.165) is 35.2 Å². The number of pyridine rings is 1. The number of alkyl halides is 1. The highest BCUT2D eigenvalue weighted by Gasteiger charge is 2.31. The minimum absolute atomic E-state index is 0.0137. The number of ketones is 1. The summed E-state index contributed by atoms with van der Waals surface area (Å²) >= 11 is 5.95. The largest absolute Gasteiger partial charge is 0.396 e. The van der Waals surface area contributed by atoms with Crippen molar-refractivity contribution < 1.29 is 9.90 Å². The molecule has 0 saturated heterocycles. The van der Waals surface area contributed by atoms with Crippen LogP contribution in [0.5, 0.6) is 0 Å². The lowest BCUT2D eigenvalue weighted by Crippen LogP contribution is -2.19. The molecule has 0 spiro atoms. The highest BCUT2D eigenvalue weighted by molar-refractivity contribution is 6.20. The summed E-state index contributed by atoms with van der Waals surface area (Å²) in [6.45, 7) is 4.42. The maximum atomic E-state index is 13.0. The molecular weight excluding hydrogens is 336 g/mol. The summed E-state index contributed by atoms with van der Waals surface area (Å²) in [5.41, 5.74) is 4.41. The Kier molecular flexibility index (Phi) is 5.60. The van der Waals surface area contributed by atoms with Crippen LogP contribution >= 0.6 is 11.6 Å². The van der Waals surface area contributed by atoms with E-state index in [2.05, 4.69) is 17.2 Å². The Morgan fingerprint density at radius 1 is 1.44 bits per heavy atom. The average molecular weight is 361 g/mol. The molecule has 0 bridgehead atoms. The molecule has 1 saturated carbocycles. The Bertz CT molecular complexity index is 726. The van der Waals surface area contributed by atoms with Crippen LogP contribution in [0.3, 0.4) is 0 Å². The van der Waals surface area contributed by atoms with Crippen molar-refractivity contribution in [1.82, 2.24) is 4.98 Å². The second kappa shape index (κ2) is 7.71. The zero-order chi connectivity index (χ0) is 18.0. The average Bonchev–Trinajstić information content (AvgIpc) is 3.16. The van der Waals surface area contributed by atoms with Crippen molar-refractivity contribution in [2.75, 3.05) is 17.8 Å². The number of aromatic nitrogens is 1. The van der Waals surface area contributed by atoms with Crippen molar-refractivity contribution in [3.63, 3.8) is 0 Å². The number of aliphatic hydroxyl groups is 1. The minimum Gasteiger partial charge on any atom is -0.396 e. The molecular formula is C20H25ClN2O2. The van der Waals surface area contributed by atoms with Crippen LogP contribution in [-0.4, -0.2) is 34.4 Å². The van der Waals surface area contributed by atoms with Crippen LogP contribution in [0, 0.1) is 11.8 Å². The number of nitrogens with one attached hydrogen (secondary N) is 1. The number of hydrogen-bond acceptors (Lipinski definition) is 4. The molecule has 5 heteroatoms. The van der Waals surface area contributed by atoms with Gasteiger partial charge in [0.25, 0.3) is 0 Å². The molecule has 2 aliphatic rings. The third-order valence-electron chi connectivity index (χ3n) is 5.50. The van der Waals surface area contributed by atoms with Crippen LogP contribution in [0.2, 0.25) is 0 Å². The number of allylic oxidation sites excluding steroid dienone is 4. The lowest BCUT2D eigenvalue weighted by molar-refractivity contribution is 0.103. The summed E-state index contributed by atoms with van der Waals surface area (Å²) in [5.74, 6) is 1.26. The van der Waals surface area contributed by atoms with Crippen molar-refractivity contribution in [3.8, 4) is 0 Å². The monoisotopic (exact) mass is 360 g/mol. The van der Waals surface area contributed by atoms with Crippen LogP contribution in [0.1, 0.15) is 43.5 Å². The number of anilines is 1. The summed E-state index contributed by atoms with van der Waals surface area (Å²) in [5, 5.41) is 13.0. The molecule has 0 aromatic carbocycles. The van der Waals surface area contributed by atoms with E-state index in [0.29, 0.717) is 29.7 Å². The molecule has 0 unspecified atom stereocenters. The Balaban J connectivity index is 1.77. The van der Waals surface area contributed by atoms with E-state index >= 15 is 0 Å². The summed E-state index contributed by atoms with van der Waals surface area (Å²) < 4.78 is 0. The Morgan fingerprint density at radius 2 is 2.24 bits per heavy atom. The zero-order valence-electron chi connectivity index (χ0n) is 14.8. The first-order valence-electron chi connectivity index (χ1n) is 8.84. The number of rotatable bonds is 6. The lowest BCUT2D eigenvalue weighted by atomic mass is 10.00. The van der Waals surface area contributed by atoms with Gasteiger partial charge >= 0.3 is 0 Å². The maximum absolute atomic E-state index is 13.0. The van der Waals surface area contributed by atoms with Gasteiger partial charge in [0.15, 0.2) is 5.78 Å². The molecule has 2 N–H and O–H groups in total. The second-order valence-electron chi connectivity index (χ2n) is 7.27. The smallest absolute Gasteiger partial charge is 0.192 e. The highest BCUT2D eigenvalue weighted by atomic mass is 35.5. The molecule has 1 aromatic heterocycles.